The first-order chi connectivity index (χ1) is 7.47. The molecule has 1 rings (SSSR count). The highest BCUT2D eigenvalue weighted by Crippen LogP contribution is 2.21. The number of aromatic nitrogens is 2. The van der Waals surface area contributed by atoms with Crippen molar-refractivity contribution in [2.24, 2.45) is 0 Å². The van der Waals surface area contributed by atoms with Gasteiger partial charge in [0, 0.05) is 6.54 Å². The van der Waals surface area contributed by atoms with E-state index in [9.17, 15) is 15.2 Å². The molecule has 16 heavy (non-hydrogen) atoms. The zero-order valence-corrected chi connectivity index (χ0v) is 9.60. The molecule has 0 saturated heterocycles. The predicted octanol–water partition coefficient (Wildman–Crippen LogP) is -0.0116. The lowest BCUT2D eigenvalue weighted by Gasteiger charge is -2.10. The number of nitrogens with zero attached hydrogens (tertiary/aromatic N) is 3. The Balaban J connectivity index is 2.90. The van der Waals surface area contributed by atoms with E-state index in [2.05, 4.69) is 10.4 Å². The van der Waals surface area contributed by atoms with Crippen molar-refractivity contribution in [2.45, 2.75) is 26.5 Å². The van der Waals surface area contributed by atoms with Gasteiger partial charge in [-0.1, -0.05) is 0 Å². The van der Waals surface area contributed by atoms with Gasteiger partial charge in [0.15, 0.2) is 0 Å². The first-order valence-corrected chi connectivity index (χ1v) is 4.98. The summed E-state index contributed by atoms with van der Waals surface area (Å²) in [5.74, 6) is 0. The summed E-state index contributed by atoms with van der Waals surface area (Å²) in [6.07, 6.45) is -0.609. The Morgan fingerprint density at radius 1 is 1.62 bits per heavy atom. The molecule has 1 unspecified atom stereocenters. The van der Waals surface area contributed by atoms with Crippen molar-refractivity contribution < 1.29 is 10.0 Å². The van der Waals surface area contributed by atoms with Crippen molar-refractivity contribution >= 4 is 5.69 Å². The van der Waals surface area contributed by atoms with E-state index in [0.717, 1.165) is 0 Å². The van der Waals surface area contributed by atoms with Crippen molar-refractivity contribution in [1.82, 2.24) is 15.1 Å². The van der Waals surface area contributed by atoms with Gasteiger partial charge in [0.05, 0.1) is 17.6 Å². The van der Waals surface area contributed by atoms with Gasteiger partial charge in [-0.05, 0) is 20.9 Å². The van der Waals surface area contributed by atoms with Gasteiger partial charge < -0.3 is 10.4 Å². The van der Waals surface area contributed by atoms with Crippen molar-refractivity contribution in [3.8, 4) is 0 Å². The SMILES string of the molecule is CNCC(O)Cn1nc(C)c([N+](=O)[O-])c1C. The van der Waals surface area contributed by atoms with Crippen LogP contribution in [0.3, 0.4) is 0 Å². The molecule has 1 atom stereocenters. The molecule has 0 aliphatic heterocycles. The number of likely N-dealkylation sites (N-methyl/N-ethyl adjacent to an activating group) is 1. The third kappa shape index (κ3) is 2.56. The minimum absolute atomic E-state index is 0.0247. The molecule has 0 aliphatic carbocycles. The van der Waals surface area contributed by atoms with E-state index in [-0.39, 0.29) is 12.2 Å². The van der Waals surface area contributed by atoms with Crippen LogP contribution in [-0.4, -0.2) is 39.5 Å². The average molecular weight is 228 g/mol. The number of aryl methyl sites for hydroxylation is 1. The highest BCUT2D eigenvalue weighted by atomic mass is 16.6. The number of nitro groups is 1. The van der Waals surface area contributed by atoms with Crippen LogP contribution in [0.25, 0.3) is 0 Å². The monoisotopic (exact) mass is 228 g/mol. The molecule has 7 nitrogen and oxygen atoms in total. The van der Waals surface area contributed by atoms with E-state index in [4.69, 9.17) is 0 Å². The molecule has 2 N–H and O–H groups in total. The van der Waals surface area contributed by atoms with E-state index in [1.807, 2.05) is 0 Å². The van der Waals surface area contributed by atoms with Gasteiger partial charge >= 0.3 is 5.69 Å². The van der Waals surface area contributed by atoms with Gasteiger partial charge in [-0.3, -0.25) is 14.8 Å². The highest BCUT2D eigenvalue weighted by molar-refractivity contribution is 5.39. The molecule has 7 heteroatoms. The topological polar surface area (TPSA) is 93.2 Å². The number of aliphatic hydroxyl groups is 1. The first kappa shape index (κ1) is 12.6. The molecule has 0 bridgehead atoms. The van der Waals surface area contributed by atoms with Crippen molar-refractivity contribution in [1.29, 1.82) is 0 Å². The van der Waals surface area contributed by atoms with E-state index in [0.29, 0.717) is 17.9 Å². The van der Waals surface area contributed by atoms with Gasteiger partial charge in [-0.25, -0.2) is 0 Å². The molecular weight excluding hydrogens is 212 g/mol. The molecule has 0 fully saturated rings. The number of hydrogen-bond acceptors (Lipinski definition) is 5. The quantitative estimate of drug-likeness (QED) is 0.546. The summed E-state index contributed by atoms with van der Waals surface area (Å²) < 4.78 is 1.47. The Kier molecular flexibility index (Phi) is 3.97. The fraction of sp³-hybridized carbons (Fsp3) is 0.667. The van der Waals surface area contributed by atoms with Crippen LogP contribution in [-0.2, 0) is 6.54 Å². The van der Waals surface area contributed by atoms with Gasteiger partial charge in [-0.2, -0.15) is 5.10 Å². The molecule has 90 valence electrons. The second kappa shape index (κ2) is 5.04. The summed E-state index contributed by atoms with van der Waals surface area (Å²) in [7, 11) is 1.73. The normalized spacial score (nSPS) is 12.8. The summed E-state index contributed by atoms with van der Waals surface area (Å²) in [6.45, 7) is 3.89. The lowest BCUT2D eigenvalue weighted by Crippen LogP contribution is -2.28. The van der Waals surface area contributed by atoms with Crippen LogP contribution in [0.15, 0.2) is 0 Å². The maximum Gasteiger partial charge on any atom is 0.312 e. The Morgan fingerprint density at radius 2 is 2.25 bits per heavy atom. The predicted molar refractivity (Wildman–Crippen MR) is 58.3 cm³/mol. The molecule has 1 aromatic heterocycles. The summed E-state index contributed by atoms with van der Waals surface area (Å²) in [4.78, 5) is 10.3. The van der Waals surface area contributed by atoms with Crippen molar-refractivity contribution in [3.63, 3.8) is 0 Å². The van der Waals surface area contributed by atoms with Crippen molar-refractivity contribution in [3.05, 3.63) is 21.5 Å². The Bertz CT molecular complexity index is 388. The Morgan fingerprint density at radius 3 is 2.69 bits per heavy atom. The van der Waals surface area contributed by atoms with Gasteiger partial charge in [0.2, 0.25) is 0 Å². The minimum Gasteiger partial charge on any atom is -0.390 e. The lowest BCUT2D eigenvalue weighted by molar-refractivity contribution is -0.386. The third-order valence-electron chi connectivity index (χ3n) is 2.35. The average Bonchev–Trinajstić information content (AvgIpc) is 2.42. The molecule has 0 radical (unpaired) electrons. The fourth-order valence-corrected chi connectivity index (χ4v) is 1.63. The van der Waals surface area contributed by atoms with Crippen LogP contribution in [0, 0.1) is 24.0 Å². The number of rotatable bonds is 5. The number of aliphatic hydroxyl groups excluding tert-OH is 1. The summed E-state index contributed by atoms with van der Waals surface area (Å²) in [6, 6.07) is 0. The summed E-state index contributed by atoms with van der Waals surface area (Å²) in [5, 5.41) is 27.2. The number of nitrogens with one attached hydrogen (secondary N) is 1. The third-order valence-corrected chi connectivity index (χ3v) is 2.35. The van der Waals surface area contributed by atoms with Crippen LogP contribution in [0.2, 0.25) is 0 Å². The molecule has 0 aromatic carbocycles. The van der Waals surface area contributed by atoms with Crippen molar-refractivity contribution in [2.75, 3.05) is 13.6 Å². The second-order valence-electron chi connectivity index (χ2n) is 3.67. The second-order valence-corrected chi connectivity index (χ2v) is 3.67. The van der Waals surface area contributed by atoms with Crippen LogP contribution < -0.4 is 5.32 Å². The standard InChI is InChI=1S/C9H16N4O3/c1-6-9(13(15)16)7(2)12(11-6)5-8(14)4-10-3/h8,10,14H,4-5H2,1-3H3. The molecule has 0 amide bonds. The largest absolute Gasteiger partial charge is 0.390 e. The Labute approximate surface area is 93.2 Å². The smallest absolute Gasteiger partial charge is 0.312 e. The lowest BCUT2D eigenvalue weighted by atomic mass is 10.3. The molecule has 0 aliphatic rings. The zero-order valence-electron chi connectivity index (χ0n) is 9.60. The molecule has 0 saturated carbocycles. The zero-order chi connectivity index (χ0) is 12.3. The van der Waals surface area contributed by atoms with Gasteiger partial charge in [-0.15, -0.1) is 0 Å². The minimum atomic E-state index is -0.609. The number of hydrogen-bond donors (Lipinski definition) is 2. The fourth-order valence-electron chi connectivity index (χ4n) is 1.63. The van der Waals surface area contributed by atoms with E-state index in [1.54, 1.807) is 20.9 Å². The molecule has 1 heterocycles. The summed E-state index contributed by atoms with van der Waals surface area (Å²) >= 11 is 0. The van der Waals surface area contributed by atoms with Crippen LogP contribution in [0.1, 0.15) is 11.4 Å². The maximum atomic E-state index is 10.7. The van der Waals surface area contributed by atoms with E-state index >= 15 is 0 Å². The van der Waals surface area contributed by atoms with E-state index < -0.39 is 11.0 Å². The van der Waals surface area contributed by atoms with Gasteiger partial charge in [0.1, 0.15) is 11.4 Å². The molecule has 0 spiro atoms. The maximum absolute atomic E-state index is 10.7. The van der Waals surface area contributed by atoms with E-state index in [1.165, 1.54) is 4.68 Å². The Hall–Kier alpha value is -1.47. The van der Waals surface area contributed by atoms with Crippen LogP contribution in [0.4, 0.5) is 5.69 Å². The van der Waals surface area contributed by atoms with Crippen LogP contribution in [0.5, 0.6) is 0 Å². The molecular formula is C9H16N4O3. The van der Waals surface area contributed by atoms with Gasteiger partial charge in [0.25, 0.3) is 0 Å². The van der Waals surface area contributed by atoms with Crippen LogP contribution >= 0.6 is 0 Å². The highest BCUT2D eigenvalue weighted by Gasteiger charge is 2.22. The first-order valence-electron chi connectivity index (χ1n) is 4.98. The summed E-state index contributed by atoms with van der Waals surface area (Å²) in [5.41, 5.74) is 0.869. The molecule has 1 aromatic rings.